The molecule has 0 saturated heterocycles. The van der Waals surface area contributed by atoms with Crippen LogP contribution in [0.1, 0.15) is 12.0 Å². The third-order valence-corrected chi connectivity index (χ3v) is 1.66. The molecule has 1 heterocycles. The van der Waals surface area contributed by atoms with Crippen molar-refractivity contribution in [1.82, 2.24) is 4.98 Å². The Labute approximate surface area is 71.6 Å². The molecule has 1 atom stereocenters. The number of nitrogens with two attached hydrogens (primary N) is 1. The van der Waals surface area contributed by atoms with E-state index in [2.05, 4.69) is 4.98 Å². The molecule has 0 bridgehead atoms. The number of pyridine rings is 1. The van der Waals surface area contributed by atoms with E-state index in [0.717, 1.165) is 5.56 Å². The topological polar surface area (TPSA) is 38.9 Å². The van der Waals surface area contributed by atoms with Crippen molar-refractivity contribution >= 4 is 0 Å². The molecule has 0 fully saturated rings. The lowest BCUT2D eigenvalue weighted by molar-refractivity contribution is 0.316. The van der Waals surface area contributed by atoms with E-state index in [1.807, 2.05) is 12.1 Å². The van der Waals surface area contributed by atoms with Crippen LogP contribution in [0.2, 0.25) is 0 Å². The second kappa shape index (κ2) is 4.83. The minimum absolute atomic E-state index is 0.404. The molecule has 1 unspecified atom stereocenters. The van der Waals surface area contributed by atoms with E-state index in [1.165, 1.54) is 0 Å². The predicted octanol–water partition coefficient (Wildman–Crippen LogP) is 1.31. The Morgan fingerprint density at radius 1 is 1.58 bits per heavy atom. The summed E-state index contributed by atoms with van der Waals surface area (Å²) in [4.78, 5) is 3.90. The molecule has 66 valence electrons. The highest BCUT2D eigenvalue weighted by Gasteiger charge is 2.05. The average Bonchev–Trinajstić information content (AvgIpc) is 2.06. The predicted molar refractivity (Wildman–Crippen MR) is 46.5 cm³/mol. The van der Waals surface area contributed by atoms with Gasteiger partial charge in [0.2, 0.25) is 0 Å². The van der Waals surface area contributed by atoms with E-state index in [-0.39, 0.29) is 0 Å². The van der Waals surface area contributed by atoms with E-state index in [9.17, 15) is 4.39 Å². The normalized spacial score (nSPS) is 12.8. The van der Waals surface area contributed by atoms with E-state index in [0.29, 0.717) is 19.4 Å². The molecule has 2 N–H and O–H groups in total. The van der Waals surface area contributed by atoms with Gasteiger partial charge in [0.1, 0.15) is 6.17 Å². The summed E-state index contributed by atoms with van der Waals surface area (Å²) < 4.78 is 13.0. The monoisotopic (exact) mass is 168 g/mol. The van der Waals surface area contributed by atoms with Crippen LogP contribution >= 0.6 is 0 Å². The van der Waals surface area contributed by atoms with Gasteiger partial charge in [0.05, 0.1) is 0 Å². The van der Waals surface area contributed by atoms with Crippen molar-refractivity contribution in [2.45, 2.75) is 19.0 Å². The average molecular weight is 168 g/mol. The molecule has 0 spiro atoms. The number of hydrogen-bond acceptors (Lipinski definition) is 2. The summed E-state index contributed by atoms with van der Waals surface area (Å²) in [7, 11) is 0. The van der Waals surface area contributed by atoms with Crippen LogP contribution < -0.4 is 5.73 Å². The van der Waals surface area contributed by atoms with Gasteiger partial charge >= 0.3 is 0 Å². The smallest absolute Gasteiger partial charge is 0.105 e. The fraction of sp³-hybridized carbons (Fsp3) is 0.444. The second-order valence-electron chi connectivity index (χ2n) is 2.74. The van der Waals surface area contributed by atoms with Gasteiger partial charge in [0, 0.05) is 18.8 Å². The summed E-state index contributed by atoms with van der Waals surface area (Å²) in [6.45, 7) is 0.404. The third-order valence-electron chi connectivity index (χ3n) is 1.66. The zero-order valence-electron chi connectivity index (χ0n) is 6.91. The van der Waals surface area contributed by atoms with E-state index in [1.54, 1.807) is 12.4 Å². The van der Waals surface area contributed by atoms with Crippen molar-refractivity contribution in [3.63, 3.8) is 0 Å². The van der Waals surface area contributed by atoms with Crippen LogP contribution in [0.4, 0.5) is 4.39 Å². The van der Waals surface area contributed by atoms with Crippen LogP contribution in [0, 0.1) is 0 Å². The number of aromatic nitrogens is 1. The van der Waals surface area contributed by atoms with Crippen molar-refractivity contribution < 1.29 is 4.39 Å². The SMILES string of the molecule is NCCC(F)Cc1cccnc1. The largest absolute Gasteiger partial charge is 0.330 e. The molecule has 3 heteroatoms. The van der Waals surface area contributed by atoms with Gasteiger partial charge in [-0.2, -0.15) is 0 Å². The summed E-state index contributed by atoms with van der Waals surface area (Å²) in [5, 5.41) is 0. The third kappa shape index (κ3) is 2.96. The molecule has 0 aliphatic rings. The number of halogens is 1. The zero-order valence-corrected chi connectivity index (χ0v) is 6.91. The Kier molecular flexibility index (Phi) is 3.67. The van der Waals surface area contributed by atoms with Gasteiger partial charge in [-0.05, 0) is 24.6 Å². The number of nitrogens with zero attached hydrogens (tertiary/aromatic N) is 1. The Balaban J connectivity index is 2.41. The van der Waals surface area contributed by atoms with Gasteiger partial charge < -0.3 is 5.73 Å². The molecule has 0 radical (unpaired) electrons. The summed E-state index contributed by atoms with van der Waals surface area (Å²) in [5.74, 6) is 0. The molecule has 2 nitrogen and oxygen atoms in total. The first-order valence-electron chi connectivity index (χ1n) is 4.06. The summed E-state index contributed by atoms with van der Waals surface area (Å²) >= 11 is 0. The first-order chi connectivity index (χ1) is 5.83. The maximum Gasteiger partial charge on any atom is 0.105 e. The molecule has 1 aromatic heterocycles. The highest BCUT2D eigenvalue weighted by atomic mass is 19.1. The summed E-state index contributed by atoms with van der Waals surface area (Å²) in [5.41, 5.74) is 6.16. The lowest BCUT2D eigenvalue weighted by Gasteiger charge is -2.05. The van der Waals surface area contributed by atoms with Crippen LogP contribution in [0.15, 0.2) is 24.5 Å². The van der Waals surface area contributed by atoms with Gasteiger partial charge in [0.25, 0.3) is 0 Å². The molecule has 0 saturated carbocycles. The second-order valence-corrected chi connectivity index (χ2v) is 2.74. The Morgan fingerprint density at radius 3 is 3.00 bits per heavy atom. The molecule has 0 amide bonds. The van der Waals surface area contributed by atoms with Crippen LogP contribution in [0.5, 0.6) is 0 Å². The van der Waals surface area contributed by atoms with Gasteiger partial charge in [0.15, 0.2) is 0 Å². The first-order valence-corrected chi connectivity index (χ1v) is 4.06. The van der Waals surface area contributed by atoms with Crippen LogP contribution in [0.3, 0.4) is 0 Å². The highest BCUT2D eigenvalue weighted by molar-refractivity contribution is 5.09. The number of alkyl halides is 1. The maximum absolute atomic E-state index is 13.0. The van der Waals surface area contributed by atoms with Crippen LogP contribution in [0.25, 0.3) is 0 Å². The van der Waals surface area contributed by atoms with Crippen molar-refractivity contribution in [2.24, 2.45) is 5.73 Å². The van der Waals surface area contributed by atoms with E-state index in [4.69, 9.17) is 5.73 Å². The Hall–Kier alpha value is -0.960. The molecular weight excluding hydrogens is 155 g/mol. The quantitative estimate of drug-likeness (QED) is 0.736. The molecule has 0 aromatic carbocycles. The molecular formula is C9H13FN2. The Bertz CT molecular complexity index is 213. The van der Waals surface area contributed by atoms with Gasteiger partial charge in [-0.3, -0.25) is 4.98 Å². The van der Waals surface area contributed by atoms with Crippen molar-refractivity contribution in [3.05, 3.63) is 30.1 Å². The summed E-state index contributed by atoms with van der Waals surface area (Å²) in [6.07, 6.45) is 3.38. The lowest BCUT2D eigenvalue weighted by atomic mass is 10.1. The summed E-state index contributed by atoms with van der Waals surface area (Å²) in [6, 6.07) is 3.68. The maximum atomic E-state index is 13.0. The molecule has 1 rings (SSSR count). The number of hydrogen-bond donors (Lipinski definition) is 1. The zero-order chi connectivity index (χ0) is 8.81. The standard InChI is InChI=1S/C9H13FN2/c10-9(3-4-11)6-8-2-1-5-12-7-8/h1-2,5,7,9H,3-4,6,11H2. The van der Waals surface area contributed by atoms with Gasteiger partial charge in [-0.1, -0.05) is 6.07 Å². The highest BCUT2D eigenvalue weighted by Crippen LogP contribution is 2.06. The minimum Gasteiger partial charge on any atom is -0.330 e. The number of rotatable bonds is 4. The van der Waals surface area contributed by atoms with Crippen LogP contribution in [-0.2, 0) is 6.42 Å². The van der Waals surface area contributed by atoms with Crippen LogP contribution in [-0.4, -0.2) is 17.7 Å². The van der Waals surface area contributed by atoms with Crippen molar-refractivity contribution in [2.75, 3.05) is 6.54 Å². The fourth-order valence-corrected chi connectivity index (χ4v) is 1.06. The lowest BCUT2D eigenvalue weighted by Crippen LogP contribution is -2.11. The van der Waals surface area contributed by atoms with Crippen molar-refractivity contribution in [3.8, 4) is 0 Å². The van der Waals surface area contributed by atoms with E-state index >= 15 is 0 Å². The molecule has 0 aliphatic carbocycles. The fourth-order valence-electron chi connectivity index (χ4n) is 1.06. The van der Waals surface area contributed by atoms with Gasteiger partial charge in [-0.15, -0.1) is 0 Å². The minimum atomic E-state index is -0.834. The first kappa shape index (κ1) is 9.13. The molecule has 1 aromatic rings. The molecule has 12 heavy (non-hydrogen) atoms. The van der Waals surface area contributed by atoms with E-state index < -0.39 is 6.17 Å². The van der Waals surface area contributed by atoms with Gasteiger partial charge in [-0.25, -0.2) is 4.39 Å². The van der Waals surface area contributed by atoms with Crippen molar-refractivity contribution in [1.29, 1.82) is 0 Å². The molecule has 0 aliphatic heterocycles. The Morgan fingerprint density at radius 2 is 2.42 bits per heavy atom.